The maximum absolute atomic E-state index is 11.3. The highest BCUT2D eigenvalue weighted by molar-refractivity contribution is 7.98. The summed E-state index contributed by atoms with van der Waals surface area (Å²) in [6.45, 7) is 0. The fourth-order valence-corrected chi connectivity index (χ4v) is 3.04. The minimum Gasteiger partial charge on any atom is -0.289 e. The maximum Gasteiger partial charge on any atom is 0.275 e. The van der Waals surface area contributed by atoms with Gasteiger partial charge in [-0.2, -0.15) is 5.10 Å². The number of aromatic nitrogens is 3. The molecule has 0 aromatic carbocycles. The van der Waals surface area contributed by atoms with Crippen LogP contribution in [0.15, 0.2) is 23.6 Å². The largest absolute Gasteiger partial charge is 0.289 e. The molecule has 1 amide bonds. The predicted octanol–water partition coefficient (Wildman–Crippen LogP) is 0.772. The molecular weight excluding hydrogens is 258 g/mol. The molecule has 2 aromatic rings. The van der Waals surface area contributed by atoms with Crippen molar-refractivity contribution in [3.05, 3.63) is 28.2 Å². The van der Waals surface area contributed by atoms with Crippen molar-refractivity contribution in [2.24, 2.45) is 12.9 Å². The Balaban J connectivity index is 1.98. The summed E-state index contributed by atoms with van der Waals surface area (Å²) in [4.78, 5) is 17.1. The van der Waals surface area contributed by atoms with E-state index in [-0.39, 0.29) is 5.91 Å². The lowest BCUT2D eigenvalue weighted by Gasteiger charge is -1.97. The summed E-state index contributed by atoms with van der Waals surface area (Å²) in [5.41, 5.74) is 2.11. The first-order valence-corrected chi connectivity index (χ1v) is 6.57. The molecule has 0 fully saturated rings. The highest BCUT2D eigenvalue weighted by Crippen LogP contribution is 2.25. The first-order valence-electron chi connectivity index (χ1n) is 4.77. The molecule has 0 radical (unpaired) electrons. The van der Waals surface area contributed by atoms with Crippen LogP contribution >= 0.6 is 23.1 Å². The molecule has 3 N–H and O–H groups in total. The second kappa shape index (κ2) is 5.30. The number of nitrogens with zero attached hydrogens (tertiary/aromatic N) is 3. The van der Waals surface area contributed by atoms with Crippen molar-refractivity contribution in [1.29, 1.82) is 0 Å². The molecule has 17 heavy (non-hydrogen) atoms. The Labute approximate surface area is 106 Å². The minimum absolute atomic E-state index is 0.259. The summed E-state index contributed by atoms with van der Waals surface area (Å²) in [7, 11) is 1.84. The van der Waals surface area contributed by atoms with Gasteiger partial charge in [0.2, 0.25) is 0 Å². The summed E-state index contributed by atoms with van der Waals surface area (Å²) in [6.07, 6.45) is 1.52. The van der Waals surface area contributed by atoms with Gasteiger partial charge in [-0.25, -0.2) is 15.5 Å². The number of aryl methyl sites for hydroxylation is 1. The summed E-state index contributed by atoms with van der Waals surface area (Å²) >= 11 is 3.00. The van der Waals surface area contributed by atoms with E-state index in [1.54, 1.807) is 22.5 Å². The van der Waals surface area contributed by atoms with E-state index in [0.29, 0.717) is 4.88 Å². The highest BCUT2D eigenvalue weighted by atomic mass is 32.2. The quantitative estimate of drug-likeness (QED) is 0.370. The van der Waals surface area contributed by atoms with Gasteiger partial charge in [0.15, 0.2) is 5.16 Å². The zero-order valence-electron chi connectivity index (χ0n) is 9.08. The number of carbonyl (C=O) groups is 1. The fourth-order valence-electron chi connectivity index (χ4n) is 1.20. The number of hydrazine groups is 1. The summed E-state index contributed by atoms with van der Waals surface area (Å²) in [5.74, 6) is 5.56. The van der Waals surface area contributed by atoms with Gasteiger partial charge in [0.1, 0.15) is 6.33 Å². The molecule has 0 bridgehead atoms. The zero-order chi connectivity index (χ0) is 12.3. The van der Waals surface area contributed by atoms with Crippen LogP contribution in [0.1, 0.15) is 14.5 Å². The van der Waals surface area contributed by atoms with Crippen LogP contribution in [0.25, 0.3) is 0 Å². The normalized spacial score (nSPS) is 10.5. The molecule has 8 heteroatoms. The first kappa shape index (κ1) is 12.1. The van der Waals surface area contributed by atoms with Crippen LogP contribution in [0.3, 0.4) is 0 Å². The second-order valence-electron chi connectivity index (χ2n) is 3.19. The third-order valence-corrected chi connectivity index (χ3v) is 4.38. The van der Waals surface area contributed by atoms with E-state index < -0.39 is 0 Å². The second-order valence-corrected chi connectivity index (χ2v) is 5.31. The van der Waals surface area contributed by atoms with Gasteiger partial charge in [-0.3, -0.25) is 10.2 Å². The zero-order valence-corrected chi connectivity index (χ0v) is 10.7. The van der Waals surface area contributed by atoms with Crippen LogP contribution in [0, 0.1) is 0 Å². The van der Waals surface area contributed by atoms with E-state index in [2.05, 4.69) is 15.5 Å². The Hall–Kier alpha value is -1.38. The van der Waals surface area contributed by atoms with Crippen LogP contribution in [-0.2, 0) is 12.8 Å². The SMILES string of the molecule is Cn1ncnc1SCc1ccc(C(=O)NN)s1. The molecule has 0 aliphatic carbocycles. The average molecular weight is 269 g/mol. The smallest absolute Gasteiger partial charge is 0.275 e. The van der Waals surface area contributed by atoms with Gasteiger partial charge in [0, 0.05) is 17.7 Å². The van der Waals surface area contributed by atoms with Crippen molar-refractivity contribution in [2.75, 3.05) is 0 Å². The molecular formula is C9H11N5OS2. The van der Waals surface area contributed by atoms with Gasteiger partial charge in [-0.1, -0.05) is 11.8 Å². The van der Waals surface area contributed by atoms with Crippen LogP contribution < -0.4 is 11.3 Å². The number of carbonyl (C=O) groups excluding carboxylic acids is 1. The van der Waals surface area contributed by atoms with Gasteiger partial charge in [-0.15, -0.1) is 11.3 Å². The van der Waals surface area contributed by atoms with Crippen molar-refractivity contribution >= 4 is 29.0 Å². The Morgan fingerprint density at radius 1 is 1.65 bits per heavy atom. The Kier molecular flexibility index (Phi) is 3.77. The monoisotopic (exact) mass is 269 g/mol. The number of hydrogen-bond donors (Lipinski definition) is 2. The number of rotatable bonds is 4. The molecule has 0 saturated carbocycles. The molecule has 2 aromatic heterocycles. The number of thiophene rings is 1. The molecule has 2 rings (SSSR count). The van der Waals surface area contributed by atoms with E-state index in [4.69, 9.17) is 5.84 Å². The first-order chi connectivity index (χ1) is 8.20. The molecule has 90 valence electrons. The van der Waals surface area contributed by atoms with E-state index in [0.717, 1.165) is 15.8 Å². The lowest BCUT2D eigenvalue weighted by atomic mass is 10.4. The molecule has 0 saturated heterocycles. The Morgan fingerprint density at radius 3 is 3.12 bits per heavy atom. The predicted molar refractivity (Wildman–Crippen MR) is 66.5 cm³/mol. The number of amides is 1. The molecule has 6 nitrogen and oxygen atoms in total. The molecule has 0 aliphatic rings. The third-order valence-electron chi connectivity index (χ3n) is 2.03. The summed E-state index contributed by atoms with van der Waals surface area (Å²) < 4.78 is 1.71. The molecule has 2 heterocycles. The summed E-state index contributed by atoms with van der Waals surface area (Å²) in [5, 5.41) is 4.83. The van der Waals surface area contributed by atoms with Crippen LogP contribution in [0.2, 0.25) is 0 Å². The molecule has 0 atom stereocenters. The van der Waals surface area contributed by atoms with Crippen molar-refractivity contribution < 1.29 is 4.79 Å². The number of hydrogen-bond acceptors (Lipinski definition) is 6. The van der Waals surface area contributed by atoms with E-state index >= 15 is 0 Å². The van der Waals surface area contributed by atoms with Crippen molar-refractivity contribution in [3.8, 4) is 0 Å². The van der Waals surface area contributed by atoms with Gasteiger partial charge in [0.05, 0.1) is 4.88 Å². The van der Waals surface area contributed by atoms with Crippen molar-refractivity contribution in [2.45, 2.75) is 10.9 Å². The average Bonchev–Trinajstić information content (AvgIpc) is 2.94. The van der Waals surface area contributed by atoms with E-state index in [1.165, 1.54) is 17.7 Å². The Bertz CT molecular complexity index is 521. The van der Waals surface area contributed by atoms with E-state index in [9.17, 15) is 4.79 Å². The highest BCUT2D eigenvalue weighted by Gasteiger charge is 2.08. The van der Waals surface area contributed by atoms with Gasteiger partial charge in [-0.05, 0) is 12.1 Å². The van der Waals surface area contributed by atoms with Gasteiger partial charge >= 0.3 is 0 Å². The van der Waals surface area contributed by atoms with Crippen molar-refractivity contribution in [3.63, 3.8) is 0 Å². The number of thioether (sulfide) groups is 1. The van der Waals surface area contributed by atoms with Crippen LogP contribution in [0.4, 0.5) is 0 Å². The fraction of sp³-hybridized carbons (Fsp3) is 0.222. The third kappa shape index (κ3) is 2.84. The number of nitrogen functional groups attached to an aromatic ring is 1. The maximum atomic E-state index is 11.3. The number of nitrogens with two attached hydrogens (primary N) is 1. The molecule has 0 unspecified atom stereocenters. The van der Waals surface area contributed by atoms with Crippen molar-refractivity contribution in [1.82, 2.24) is 20.2 Å². The summed E-state index contributed by atoms with van der Waals surface area (Å²) in [6, 6.07) is 3.68. The number of nitrogens with one attached hydrogen (secondary N) is 1. The molecule has 0 aliphatic heterocycles. The van der Waals surface area contributed by atoms with E-state index in [1.807, 2.05) is 13.1 Å². The Morgan fingerprint density at radius 2 is 2.47 bits per heavy atom. The lowest BCUT2D eigenvalue weighted by Crippen LogP contribution is -2.29. The van der Waals surface area contributed by atoms with Gasteiger partial charge < -0.3 is 0 Å². The van der Waals surface area contributed by atoms with Crippen LogP contribution in [-0.4, -0.2) is 20.7 Å². The van der Waals surface area contributed by atoms with Crippen LogP contribution in [0.5, 0.6) is 0 Å². The topological polar surface area (TPSA) is 85.8 Å². The van der Waals surface area contributed by atoms with Gasteiger partial charge in [0.25, 0.3) is 5.91 Å². The minimum atomic E-state index is -0.259. The standard InChI is InChI=1S/C9H11N5OS2/c1-14-9(11-5-12-14)16-4-6-2-3-7(17-6)8(15)13-10/h2-3,5H,4,10H2,1H3,(H,13,15). The molecule has 0 spiro atoms. The lowest BCUT2D eigenvalue weighted by molar-refractivity contribution is 0.0957.